The third-order valence-corrected chi connectivity index (χ3v) is 6.96. The molecule has 164 valence electrons. The molecular formula is C22H19N3O4S3. The summed E-state index contributed by atoms with van der Waals surface area (Å²) in [5.41, 5.74) is 3.13. The molecule has 1 amide bonds. The van der Waals surface area contributed by atoms with Crippen molar-refractivity contribution in [2.24, 2.45) is 0 Å². The summed E-state index contributed by atoms with van der Waals surface area (Å²) in [6.07, 6.45) is 0. The Morgan fingerprint density at radius 1 is 1.12 bits per heavy atom. The van der Waals surface area contributed by atoms with Gasteiger partial charge in [-0.05, 0) is 43.5 Å². The number of aryl methyl sites for hydroxylation is 1. The molecule has 32 heavy (non-hydrogen) atoms. The predicted octanol–water partition coefficient (Wildman–Crippen LogP) is 5.64. The Hall–Kier alpha value is -3.08. The van der Waals surface area contributed by atoms with E-state index in [0.29, 0.717) is 21.9 Å². The lowest BCUT2D eigenvalue weighted by Crippen LogP contribution is -2.15. The van der Waals surface area contributed by atoms with Crippen molar-refractivity contribution in [1.29, 1.82) is 0 Å². The molecule has 4 aromatic rings. The van der Waals surface area contributed by atoms with E-state index >= 15 is 0 Å². The molecule has 0 radical (unpaired) electrons. The molecular weight excluding hydrogens is 466 g/mol. The molecule has 3 aromatic heterocycles. The van der Waals surface area contributed by atoms with Crippen LogP contribution in [0.15, 0.2) is 47.2 Å². The molecule has 1 N–H and O–H groups in total. The summed E-state index contributed by atoms with van der Waals surface area (Å²) in [6.45, 7) is 4.15. The number of esters is 1. The van der Waals surface area contributed by atoms with Crippen molar-refractivity contribution < 1.29 is 19.1 Å². The van der Waals surface area contributed by atoms with Gasteiger partial charge < -0.3 is 14.8 Å². The zero-order valence-corrected chi connectivity index (χ0v) is 19.7. The van der Waals surface area contributed by atoms with E-state index in [9.17, 15) is 9.59 Å². The third kappa shape index (κ3) is 4.87. The van der Waals surface area contributed by atoms with Crippen molar-refractivity contribution in [3.05, 3.63) is 69.7 Å². The van der Waals surface area contributed by atoms with Crippen LogP contribution in [0, 0.1) is 6.92 Å². The first kappa shape index (κ1) is 22.1. The Morgan fingerprint density at radius 3 is 2.72 bits per heavy atom. The molecule has 3 heterocycles. The summed E-state index contributed by atoms with van der Waals surface area (Å²) in [5, 5.41) is 7.11. The normalized spacial score (nSPS) is 10.7. The lowest BCUT2D eigenvalue weighted by molar-refractivity contribution is 0.0529. The van der Waals surface area contributed by atoms with E-state index in [1.807, 2.05) is 29.8 Å². The van der Waals surface area contributed by atoms with Crippen LogP contribution >= 0.6 is 34.4 Å². The van der Waals surface area contributed by atoms with Crippen LogP contribution in [0.4, 0.5) is 5.00 Å². The minimum atomic E-state index is -0.461. The summed E-state index contributed by atoms with van der Waals surface area (Å²) < 4.78 is 19.3. The molecule has 0 spiro atoms. The van der Waals surface area contributed by atoms with Gasteiger partial charge in [0.05, 0.1) is 24.0 Å². The molecule has 0 aliphatic heterocycles. The van der Waals surface area contributed by atoms with Crippen molar-refractivity contribution in [2.75, 3.05) is 11.9 Å². The molecule has 0 fully saturated rings. The van der Waals surface area contributed by atoms with Gasteiger partial charge in [-0.1, -0.05) is 12.1 Å². The molecule has 7 nitrogen and oxygen atoms in total. The van der Waals surface area contributed by atoms with Gasteiger partial charge in [0.1, 0.15) is 28.6 Å². The summed E-state index contributed by atoms with van der Waals surface area (Å²) >= 11 is 3.96. The van der Waals surface area contributed by atoms with Crippen LogP contribution < -0.4 is 10.1 Å². The van der Waals surface area contributed by atoms with Crippen molar-refractivity contribution in [3.63, 3.8) is 0 Å². The van der Waals surface area contributed by atoms with Crippen LogP contribution in [0.2, 0.25) is 0 Å². The standard InChI is InChI=1S/C22H19N3O4S3/c1-3-28-22(27)19-16(18-8-5-9-30-18)12-31-21(19)23-20(26)14-6-4-7-15(10-14)29-11-17-13(2)24-32-25-17/h4-10,12H,3,11H2,1-2H3,(H,23,26). The minimum Gasteiger partial charge on any atom is -0.487 e. The quantitative estimate of drug-likeness (QED) is 0.325. The number of amides is 1. The van der Waals surface area contributed by atoms with Crippen LogP contribution in [-0.2, 0) is 11.3 Å². The lowest BCUT2D eigenvalue weighted by atomic mass is 10.1. The maximum absolute atomic E-state index is 13.0. The Bertz CT molecular complexity index is 1230. The molecule has 0 bridgehead atoms. The summed E-state index contributed by atoms with van der Waals surface area (Å²) in [6, 6.07) is 10.7. The summed E-state index contributed by atoms with van der Waals surface area (Å²) in [4.78, 5) is 26.5. The fourth-order valence-electron chi connectivity index (χ4n) is 2.90. The van der Waals surface area contributed by atoms with E-state index in [4.69, 9.17) is 9.47 Å². The monoisotopic (exact) mass is 485 g/mol. The van der Waals surface area contributed by atoms with Gasteiger partial charge in [-0.3, -0.25) is 4.79 Å². The van der Waals surface area contributed by atoms with Crippen molar-refractivity contribution in [3.8, 4) is 16.2 Å². The van der Waals surface area contributed by atoms with Crippen LogP contribution in [0.5, 0.6) is 5.75 Å². The fraction of sp³-hybridized carbons (Fsp3) is 0.182. The average Bonchev–Trinajstić information content (AvgIpc) is 3.54. The van der Waals surface area contributed by atoms with Gasteiger partial charge in [-0.25, -0.2) is 4.79 Å². The molecule has 0 unspecified atom stereocenters. The minimum absolute atomic E-state index is 0.249. The number of aromatic nitrogens is 2. The van der Waals surface area contributed by atoms with Gasteiger partial charge in [0.15, 0.2) is 0 Å². The number of benzene rings is 1. The molecule has 0 aliphatic carbocycles. The molecule has 0 aliphatic rings. The highest BCUT2D eigenvalue weighted by Crippen LogP contribution is 2.38. The highest BCUT2D eigenvalue weighted by Gasteiger charge is 2.23. The summed E-state index contributed by atoms with van der Waals surface area (Å²) in [5.74, 6) is -0.259. The van der Waals surface area contributed by atoms with Gasteiger partial charge in [0.25, 0.3) is 5.91 Å². The van der Waals surface area contributed by atoms with Gasteiger partial charge in [-0.2, -0.15) is 8.75 Å². The van der Waals surface area contributed by atoms with Crippen LogP contribution in [-0.4, -0.2) is 27.2 Å². The van der Waals surface area contributed by atoms with E-state index in [-0.39, 0.29) is 19.1 Å². The molecule has 0 saturated carbocycles. The smallest absolute Gasteiger partial charge is 0.341 e. The number of carbonyl (C=O) groups excluding carboxylic acids is 2. The molecule has 0 saturated heterocycles. The maximum atomic E-state index is 13.0. The second-order valence-electron chi connectivity index (χ2n) is 6.62. The lowest BCUT2D eigenvalue weighted by Gasteiger charge is -2.09. The van der Waals surface area contributed by atoms with Gasteiger partial charge in [0, 0.05) is 21.4 Å². The Labute approximate surface area is 197 Å². The highest BCUT2D eigenvalue weighted by atomic mass is 32.1. The van der Waals surface area contributed by atoms with Crippen molar-refractivity contribution in [1.82, 2.24) is 8.75 Å². The van der Waals surface area contributed by atoms with Crippen molar-refractivity contribution >= 4 is 51.3 Å². The maximum Gasteiger partial charge on any atom is 0.341 e. The number of thiophene rings is 2. The van der Waals surface area contributed by atoms with Gasteiger partial charge in [-0.15, -0.1) is 22.7 Å². The first-order valence-corrected chi connectivity index (χ1v) is 12.2. The second-order valence-corrected chi connectivity index (χ2v) is 8.97. The summed E-state index contributed by atoms with van der Waals surface area (Å²) in [7, 11) is 0. The number of carbonyl (C=O) groups is 2. The average molecular weight is 486 g/mol. The highest BCUT2D eigenvalue weighted by molar-refractivity contribution is 7.17. The Balaban J connectivity index is 1.54. The topological polar surface area (TPSA) is 90.4 Å². The Morgan fingerprint density at radius 2 is 2.00 bits per heavy atom. The zero-order chi connectivity index (χ0) is 22.5. The number of anilines is 1. The second kappa shape index (κ2) is 10.0. The van der Waals surface area contributed by atoms with E-state index in [0.717, 1.165) is 33.6 Å². The van der Waals surface area contributed by atoms with E-state index in [2.05, 4.69) is 14.1 Å². The number of ether oxygens (including phenoxy) is 2. The molecule has 4 rings (SSSR count). The van der Waals surface area contributed by atoms with Crippen LogP contribution in [0.25, 0.3) is 10.4 Å². The number of hydrogen-bond donors (Lipinski definition) is 1. The van der Waals surface area contributed by atoms with Crippen LogP contribution in [0.1, 0.15) is 39.0 Å². The van der Waals surface area contributed by atoms with Crippen LogP contribution in [0.3, 0.4) is 0 Å². The first-order valence-electron chi connectivity index (χ1n) is 9.71. The first-order chi connectivity index (χ1) is 15.6. The van der Waals surface area contributed by atoms with Crippen molar-refractivity contribution in [2.45, 2.75) is 20.5 Å². The third-order valence-electron chi connectivity index (χ3n) is 4.50. The van der Waals surface area contributed by atoms with Gasteiger partial charge >= 0.3 is 5.97 Å². The predicted molar refractivity (Wildman–Crippen MR) is 127 cm³/mol. The van der Waals surface area contributed by atoms with E-state index in [1.165, 1.54) is 22.7 Å². The number of rotatable bonds is 8. The number of nitrogens with one attached hydrogen (secondary N) is 1. The zero-order valence-electron chi connectivity index (χ0n) is 17.3. The van der Waals surface area contributed by atoms with Gasteiger partial charge in [0.2, 0.25) is 0 Å². The fourth-order valence-corrected chi connectivity index (χ4v) is 5.22. The largest absolute Gasteiger partial charge is 0.487 e. The number of hydrogen-bond acceptors (Lipinski definition) is 9. The van der Waals surface area contributed by atoms with E-state index < -0.39 is 5.97 Å². The Kier molecular flexibility index (Phi) is 6.93. The van der Waals surface area contributed by atoms with E-state index in [1.54, 1.807) is 31.2 Å². The molecule has 1 aromatic carbocycles. The molecule has 0 atom stereocenters. The number of nitrogens with zero attached hydrogens (tertiary/aromatic N) is 2. The SMILES string of the molecule is CCOC(=O)c1c(-c2cccs2)csc1NC(=O)c1cccc(OCc2nsnc2C)c1. The molecule has 10 heteroatoms.